The van der Waals surface area contributed by atoms with Crippen molar-refractivity contribution in [3.05, 3.63) is 82.1 Å². The first-order valence-corrected chi connectivity index (χ1v) is 12.0. The van der Waals surface area contributed by atoms with Gasteiger partial charge in [0.2, 0.25) is 5.16 Å². The minimum Gasteiger partial charge on any atom is -0.496 e. The van der Waals surface area contributed by atoms with Crippen molar-refractivity contribution < 1.29 is 9.53 Å². The molecule has 0 spiro atoms. The number of carbonyl (C=O) groups excluding carboxylic acids is 1. The molecule has 2 aromatic heterocycles. The van der Waals surface area contributed by atoms with E-state index in [0.29, 0.717) is 21.8 Å². The molecule has 6 nitrogen and oxygen atoms in total. The van der Waals surface area contributed by atoms with Gasteiger partial charge in [-0.3, -0.25) is 9.89 Å². The van der Waals surface area contributed by atoms with Crippen LogP contribution in [-0.2, 0) is 13.0 Å². The molecule has 0 saturated heterocycles. The van der Waals surface area contributed by atoms with Gasteiger partial charge < -0.3 is 9.30 Å². The number of Topliss-reactive ketones (excluding diaryl/α,β-unsaturated/α-hetero) is 1. The Balaban J connectivity index is 1.42. The van der Waals surface area contributed by atoms with Crippen LogP contribution in [0.15, 0.2) is 59.8 Å². The number of ether oxygens (including phenoxy) is 1. The predicted molar refractivity (Wildman–Crippen MR) is 132 cm³/mol. The molecule has 2 aromatic carbocycles. The predicted octanol–water partition coefficient (Wildman–Crippen LogP) is 5.77. The SMILES string of the molecule is COc1ccc(Cl)cc1-c1nc(SCC(=O)c2cc(C)n(CCc3ccccc3)c2C)n[nH]1. The van der Waals surface area contributed by atoms with E-state index in [9.17, 15) is 4.79 Å². The van der Waals surface area contributed by atoms with E-state index in [-0.39, 0.29) is 11.5 Å². The van der Waals surface area contributed by atoms with E-state index in [4.69, 9.17) is 16.3 Å². The van der Waals surface area contributed by atoms with Crippen molar-refractivity contribution in [2.45, 2.75) is 32.0 Å². The second-order valence-electron chi connectivity index (χ2n) is 7.70. The smallest absolute Gasteiger partial charge is 0.209 e. The number of H-pyrrole nitrogens is 1. The van der Waals surface area contributed by atoms with Gasteiger partial charge in [0.05, 0.1) is 18.4 Å². The molecule has 0 radical (unpaired) electrons. The Labute approximate surface area is 202 Å². The van der Waals surface area contributed by atoms with Crippen molar-refractivity contribution in [3.63, 3.8) is 0 Å². The third kappa shape index (κ3) is 5.31. The summed E-state index contributed by atoms with van der Waals surface area (Å²) in [6.07, 6.45) is 0.923. The molecule has 0 unspecified atom stereocenters. The number of aromatic amines is 1. The Morgan fingerprint density at radius 3 is 2.70 bits per heavy atom. The Morgan fingerprint density at radius 2 is 1.94 bits per heavy atom. The van der Waals surface area contributed by atoms with Crippen LogP contribution in [-0.4, -0.2) is 38.4 Å². The van der Waals surface area contributed by atoms with Gasteiger partial charge in [0.15, 0.2) is 11.6 Å². The lowest BCUT2D eigenvalue weighted by Crippen LogP contribution is -2.08. The summed E-state index contributed by atoms with van der Waals surface area (Å²) in [7, 11) is 1.59. The standard InChI is InChI=1S/C25H25ClN4O2S/c1-16-13-20(17(2)30(16)12-11-18-7-5-4-6-8-18)22(31)15-33-25-27-24(28-29-25)21-14-19(26)9-10-23(21)32-3/h4-10,13-14H,11-12,15H2,1-3H3,(H,27,28,29). The van der Waals surface area contributed by atoms with Crippen LogP contribution in [0, 0.1) is 13.8 Å². The molecule has 0 bridgehead atoms. The number of aryl methyl sites for hydroxylation is 2. The van der Waals surface area contributed by atoms with Crippen LogP contribution >= 0.6 is 23.4 Å². The topological polar surface area (TPSA) is 72.8 Å². The lowest BCUT2D eigenvalue weighted by Gasteiger charge is -2.10. The van der Waals surface area contributed by atoms with E-state index < -0.39 is 0 Å². The maximum atomic E-state index is 13.0. The summed E-state index contributed by atoms with van der Waals surface area (Å²) in [5.74, 6) is 1.51. The van der Waals surface area contributed by atoms with Crippen molar-refractivity contribution in [1.82, 2.24) is 19.7 Å². The van der Waals surface area contributed by atoms with Crippen molar-refractivity contribution >= 4 is 29.1 Å². The summed E-state index contributed by atoms with van der Waals surface area (Å²) in [4.78, 5) is 17.5. The number of carbonyl (C=O) groups is 1. The van der Waals surface area contributed by atoms with Gasteiger partial charge in [-0.25, -0.2) is 4.98 Å². The second kappa shape index (κ2) is 10.3. The van der Waals surface area contributed by atoms with Gasteiger partial charge in [-0.15, -0.1) is 5.10 Å². The molecule has 0 aliphatic heterocycles. The van der Waals surface area contributed by atoms with E-state index in [0.717, 1.165) is 35.5 Å². The molecular formula is C25H25ClN4O2S. The minimum atomic E-state index is 0.0609. The van der Waals surface area contributed by atoms with Crippen LogP contribution in [0.5, 0.6) is 5.75 Å². The molecule has 0 aliphatic rings. The molecule has 2 heterocycles. The normalized spacial score (nSPS) is 11.0. The number of nitrogens with zero attached hydrogens (tertiary/aromatic N) is 3. The molecule has 0 aliphatic carbocycles. The summed E-state index contributed by atoms with van der Waals surface area (Å²) in [6.45, 7) is 4.89. The Morgan fingerprint density at radius 1 is 1.15 bits per heavy atom. The third-order valence-corrected chi connectivity index (χ3v) is 6.64. The number of benzene rings is 2. The average molecular weight is 481 g/mol. The zero-order valence-electron chi connectivity index (χ0n) is 18.8. The Kier molecular flexibility index (Phi) is 7.20. The van der Waals surface area contributed by atoms with Gasteiger partial charge in [0, 0.05) is 28.5 Å². The lowest BCUT2D eigenvalue weighted by atomic mass is 10.1. The fourth-order valence-electron chi connectivity index (χ4n) is 3.82. The number of thioether (sulfide) groups is 1. The molecule has 33 heavy (non-hydrogen) atoms. The third-order valence-electron chi connectivity index (χ3n) is 5.55. The van der Waals surface area contributed by atoms with Gasteiger partial charge in [0.25, 0.3) is 0 Å². The number of hydrogen-bond acceptors (Lipinski definition) is 5. The van der Waals surface area contributed by atoms with Gasteiger partial charge in [0.1, 0.15) is 5.75 Å². The largest absolute Gasteiger partial charge is 0.496 e. The van der Waals surface area contributed by atoms with Crippen LogP contribution < -0.4 is 4.74 Å². The summed E-state index contributed by atoms with van der Waals surface area (Å²) in [6, 6.07) is 17.7. The Hall–Kier alpha value is -3.03. The van der Waals surface area contributed by atoms with Crippen molar-refractivity contribution in [2.75, 3.05) is 12.9 Å². The van der Waals surface area contributed by atoms with E-state index in [2.05, 4.69) is 31.9 Å². The molecule has 0 atom stereocenters. The maximum Gasteiger partial charge on any atom is 0.209 e. The maximum absolute atomic E-state index is 13.0. The van der Waals surface area contributed by atoms with Gasteiger partial charge in [-0.1, -0.05) is 53.7 Å². The number of rotatable bonds is 9. The molecule has 0 fully saturated rings. The highest BCUT2D eigenvalue weighted by atomic mass is 35.5. The van der Waals surface area contributed by atoms with Crippen molar-refractivity contribution in [3.8, 4) is 17.1 Å². The quantitative estimate of drug-likeness (QED) is 0.243. The fraction of sp³-hybridized carbons (Fsp3) is 0.240. The molecular weight excluding hydrogens is 456 g/mol. The lowest BCUT2D eigenvalue weighted by molar-refractivity contribution is 0.102. The average Bonchev–Trinajstić information content (AvgIpc) is 3.41. The number of aromatic nitrogens is 4. The van der Waals surface area contributed by atoms with Gasteiger partial charge in [-0.05, 0) is 50.1 Å². The first-order valence-electron chi connectivity index (χ1n) is 10.6. The van der Waals surface area contributed by atoms with Crippen molar-refractivity contribution in [2.24, 2.45) is 0 Å². The summed E-state index contributed by atoms with van der Waals surface area (Å²) in [5.41, 5.74) is 4.83. The van der Waals surface area contributed by atoms with Crippen LogP contribution in [0.1, 0.15) is 27.3 Å². The Bertz CT molecular complexity index is 1270. The zero-order chi connectivity index (χ0) is 23.4. The highest BCUT2D eigenvalue weighted by molar-refractivity contribution is 7.99. The number of halogens is 1. The van der Waals surface area contributed by atoms with Crippen LogP contribution in [0.4, 0.5) is 0 Å². The first kappa shape index (κ1) is 23.1. The molecule has 8 heteroatoms. The van der Waals surface area contributed by atoms with E-state index in [1.165, 1.54) is 17.3 Å². The highest BCUT2D eigenvalue weighted by Gasteiger charge is 2.18. The second-order valence-corrected chi connectivity index (χ2v) is 9.07. The summed E-state index contributed by atoms with van der Waals surface area (Å²) >= 11 is 7.42. The van der Waals surface area contributed by atoms with Crippen LogP contribution in [0.25, 0.3) is 11.4 Å². The summed E-state index contributed by atoms with van der Waals surface area (Å²) < 4.78 is 7.59. The molecule has 1 N–H and O–H groups in total. The van der Waals surface area contributed by atoms with Crippen LogP contribution in [0.3, 0.4) is 0 Å². The monoisotopic (exact) mass is 480 g/mol. The number of hydrogen-bond donors (Lipinski definition) is 1. The molecule has 4 rings (SSSR count). The molecule has 0 amide bonds. The van der Waals surface area contributed by atoms with E-state index in [1.54, 1.807) is 25.3 Å². The number of methoxy groups -OCH3 is 1. The minimum absolute atomic E-state index is 0.0609. The van der Waals surface area contributed by atoms with E-state index >= 15 is 0 Å². The fourth-order valence-corrected chi connectivity index (χ4v) is 4.67. The molecule has 4 aromatic rings. The molecule has 0 saturated carbocycles. The number of ketones is 1. The summed E-state index contributed by atoms with van der Waals surface area (Å²) in [5, 5.41) is 8.23. The van der Waals surface area contributed by atoms with Crippen LogP contribution in [0.2, 0.25) is 5.02 Å². The van der Waals surface area contributed by atoms with Gasteiger partial charge in [-0.2, -0.15) is 0 Å². The first-order chi connectivity index (χ1) is 16.0. The zero-order valence-corrected chi connectivity index (χ0v) is 20.3. The van der Waals surface area contributed by atoms with Gasteiger partial charge >= 0.3 is 0 Å². The van der Waals surface area contributed by atoms with E-state index in [1.807, 2.05) is 38.1 Å². The highest BCUT2D eigenvalue weighted by Crippen LogP contribution is 2.31. The molecule has 170 valence electrons. The number of nitrogens with one attached hydrogen (secondary N) is 1. The van der Waals surface area contributed by atoms with Crippen molar-refractivity contribution in [1.29, 1.82) is 0 Å².